The highest BCUT2D eigenvalue weighted by atomic mass is 35.5. The molecular formula is C15H20ClNO2. The van der Waals surface area contributed by atoms with Gasteiger partial charge in [-0.2, -0.15) is 0 Å². The van der Waals surface area contributed by atoms with Crippen LogP contribution in [0.15, 0.2) is 12.1 Å². The molecule has 104 valence electrons. The van der Waals surface area contributed by atoms with E-state index in [4.69, 9.17) is 21.1 Å². The minimum absolute atomic E-state index is 0.285. The molecule has 1 N–H and O–H groups in total. The van der Waals surface area contributed by atoms with Gasteiger partial charge in [-0.05, 0) is 25.7 Å². The van der Waals surface area contributed by atoms with Gasteiger partial charge in [-0.15, -0.1) is 0 Å². The summed E-state index contributed by atoms with van der Waals surface area (Å²) >= 11 is 6.29. The smallest absolute Gasteiger partial charge is 0.231 e. The predicted octanol–water partition coefficient (Wildman–Crippen LogP) is 4.45. The summed E-state index contributed by atoms with van der Waals surface area (Å²) in [5.41, 5.74) is 0.948. The van der Waals surface area contributed by atoms with Crippen molar-refractivity contribution in [2.75, 3.05) is 12.1 Å². The lowest BCUT2D eigenvalue weighted by Gasteiger charge is -2.29. The molecule has 3 rings (SSSR count). The summed E-state index contributed by atoms with van der Waals surface area (Å²) in [5.74, 6) is 2.26. The van der Waals surface area contributed by atoms with Crippen LogP contribution in [0.3, 0.4) is 0 Å². The molecule has 0 aromatic heterocycles. The summed E-state index contributed by atoms with van der Waals surface area (Å²) in [7, 11) is 0. The maximum absolute atomic E-state index is 6.29. The van der Waals surface area contributed by atoms with Gasteiger partial charge >= 0.3 is 0 Å². The van der Waals surface area contributed by atoms with E-state index in [1.54, 1.807) is 0 Å². The van der Waals surface area contributed by atoms with Crippen LogP contribution < -0.4 is 14.8 Å². The third-order valence-corrected chi connectivity index (χ3v) is 4.52. The standard InChI is InChI=1S/C15H20ClNO2/c1-10(11-5-3-2-4-6-11)17-13-8-15-14(7-12(13)16)18-9-19-15/h7-8,10-11,17H,2-6,9H2,1H3. The SMILES string of the molecule is CC(Nc1cc2c(cc1Cl)OCO2)C1CCCCC1. The molecule has 1 aromatic carbocycles. The molecule has 1 aliphatic heterocycles. The molecule has 1 unspecified atom stereocenters. The fraction of sp³-hybridized carbons (Fsp3) is 0.600. The topological polar surface area (TPSA) is 30.5 Å². The van der Waals surface area contributed by atoms with E-state index in [9.17, 15) is 0 Å². The molecule has 1 aromatic rings. The molecule has 0 amide bonds. The highest BCUT2D eigenvalue weighted by Gasteiger charge is 2.22. The van der Waals surface area contributed by atoms with Crippen LogP contribution in [-0.2, 0) is 0 Å². The maximum atomic E-state index is 6.29. The largest absolute Gasteiger partial charge is 0.454 e. The van der Waals surface area contributed by atoms with Crippen molar-refractivity contribution in [2.45, 2.75) is 45.1 Å². The average Bonchev–Trinajstić information content (AvgIpc) is 2.87. The Balaban J connectivity index is 1.72. The van der Waals surface area contributed by atoms with Crippen LogP contribution in [0.2, 0.25) is 5.02 Å². The van der Waals surface area contributed by atoms with Crippen molar-refractivity contribution in [3.05, 3.63) is 17.2 Å². The van der Waals surface area contributed by atoms with Crippen molar-refractivity contribution in [3.63, 3.8) is 0 Å². The Morgan fingerprint density at radius 3 is 2.58 bits per heavy atom. The first kappa shape index (κ1) is 12.9. The zero-order chi connectivity index (χ0) is 13.2. The Labute approximate surface area is 119 Å². The summed E-state index contributed by atoms with van der Waals surface area (Å²) in [6, 6.07) is 4.22. The van der Waals surface area contributed by atoms with E-state index in [1.807, 2.05) is 12.1 Å². The van der Waals surface area contributed by atoms with Crippen LogP contribution in [0.1, 0.15) is 39.0 Å². The number of hydrogen-bond acceptors (Lipinski definition) is 3. The first-order valence-corrected chi connectivity index (χ1v) is 7.47. The average molecular weight is 282 g/mol. The van der Waals surface area contributed by atoms with Gasteiger partial charge in [0.15, 0.2) is 11.5 Å². The van der Waals surface area contributed by atoms with E-state index in [0.29, 0.717) is 11.1 Å². The zero-order valence-corrected chi connectivity index (χ0v) is 12.0. The van der Waals surface area contributed by atoms with Crippen LogP contribution in [0, 0.1) is 5.92 Å². The van der Waals surface area contributed by atoms with Gasteiger partial charge in [0.25, 0.3) is 0 Å². The lowest BCUT2D eigenvalue weighted by molar-refractivity contribution is 0.174. The van der Waals surface area contributed by atoms with Crippen LogP contribution in [0.5, 0.6) is 11.5 Å². The van der Waals surface area contributed by atoms with E-state index in [0.717, 1.165) is 23.1 Å². The van der Waals surface area contributed by atoms with Crippen molar-refractivity contribution in [2.24, 2.45) is 5.92 Å². The molecule has 1 heterocycles. The van der Waals surface area contributed by atoms with E-state index >= 15 is 0 Å². The first-order valence-electron chi connectivity index (χ1n) is 7.10. The van der Waals surface area contributed by atoms with Crippen LogP contribution >= 0.6 is 11.6 Å². The predicted molar refractivity (Wildman–Crippen MR) is 77.2 cm³/mol. The van der Waals surface area contributed by atoms with Crippen LogP contribution in [0.4, 0.5) is 5.69 Å². The molecule has 4 heteroatoms. The number of benzene rings is 1. The normalized spacial score (nSPS) is 20.3. The number of anilines is 1. The summed E-state index contributed by atoms with van der Waals surface area (Å²) in [5, 5.41) is 4.24. The monoisotopic (exact) mass is 281 g/mol. The van der Waals surface area contributed by atoms with Crippen molar-refractivity contribution >= 4 is 17.3 Å². The fourth-order valence-electron chi connectivity index (χ4n) is 3.03. The third-order valence-electron chi connectivity index (χ3n) is 4.20. The summed E-state index contributed by atoms with van der Waals surface area (Å²) in [6.45, 7) is 2.53. The lowest BCUT2D eigenvalue weighted by Crippen LogP contribution is -2.27. The van der Waals surface area contributed by atoms with Gasteiger partial charge in [-0.25, -0.2) is 0 Å². The van der Waals surface area contributed by atoms with Crippen molar-refractivity contribution in [3.8, 4) is 11.5 Å². The number of rotatable bonds is 3. The Hall–Kier alpha value is -1.09. The molecule has 1 fully saturated rings. The van der Waals surface area contributed by atoms with Crippen LogP contribution in [0.25, 0.3) is 0 Å². The maximum Gasteiger partial charge on any atom is 0.231 e. The van der Waals surface area contributed by atoms with Crippen molar-refractivity contribution in [1.82, 2.24) is 0 Å². The highest BCUT2D eigenvalue weighted by Crippen LogP contribution is 2.40. The Morgan fingerprint density at radius 1 is 1.16 bits per heavy atom. The summed E-state index contributed by atoms with van der Waals surface area (Å²) in [4.78, 5) is 0. The van der Waals surface area contributed by atoms with Gasteiger partial charge in [-0.1, -0.05) is 30.9 Å². The minimum atomic E-state index is 0.285. The molecule has 0 saturated heterocycles. The number of nitrogens with one attached hydrogen (secondary N) is 1. The number of hydrogen-bond donors (Lipinski definition) is 1. The molecule has 1 atom stereocenters. The second-order valence-electron chi connectivity index (χ2n) is 5.52. The molecule has 1 aliphatic carbocycles. The van der Waals surface area contributed by atoms with Crippen molar-refractivity contribution < 1.29 is 9.47 Å². The van der Waals surface area contributed by atoms with E-state index in [-0.39, 0.29) is 6.79 Å². The molecule has 3 nitrogen and oxygen atoms in total. The van der Waals surface area contributed by atoms with Crippen LogP contribution in [-0.4, -0.2) is 12.8 Å². The second kappa shape index (κ2) is 5.49. The second-order valence-corrected chi connectivity index (χ2v) is 5.92. The van der Waals surface area contributed by atoms with E-state index in [1.165, 1.54) is 32.1 Å². The molecule has 1 saturated carbocycles. The molecule has 0 radical (unpaired) electrons. The molecule has 19 heavy (non-hydrogen) atoms. The van der Waals surface area contributed by atoms with Gasteiger partial charge in [0.1, 0.15) is 0 Å². The summed E-state index contributed by atoms with van der Waals surface area (Å²) in [6.07, 6.45) is 6.72. The van der Waals surface area contributed by atoms with Crippen molar-refractivity contribution in [1.29, 1.82) is 0 Å². The first-order chi connectivity index (χ1) is 9.24. The summed E-state index contributed by atoms with van der Waals surface area (Å²) < 4.78 is 10.7. The van der Waals surface area contributed by atoms with Gasteiger partial charge in [0, 0.05) is 18.2 Å². The van der Waals surface area contributed by atoms with Gasteiger partial charge < -0.3 is 14.8 Å². The molecule has 2 aliphatic rings. The fourth-order valence-corrected chi connectivity index (χ4v) is 3.23. The van der Waals surface area contributed by atoms with Gasteiger partial charge in [0.2, 0.25) is 6.79 Å². The van der Waals surface area contributed by atoms with Gasteiger partial charge in [0.05, 0.1) is 10.7 Å². The Morgan fingerprint density at radius 2 is 1.84 bits per heavy atom. The van der Waals surface area contributed by atoms with E-state index < -0.39 is 0 Å². The Kier molecular flexibility index (Phi) is 3.74. The highest BCUT2D eigenvalue weighted by molar-refractivity contribution is 6.33. The number of fused-ring (bicyclic) bond motifs is 1. The third kappa shape index (κ3) is 2.76. The van der Waals surface area contributed by atoms with Gasteiger partial charge in [-0.3, -0.25) is 0 Å². The lowest BCUT2D eigenvalue weighted by atomic mass is 9.84. The quantitative estimate of drug-likeness (QED) is 0.888. The molecule has 0 spiro atoms. The molecule has 0 bridgehead atoms. The Bertz CT molecular complexity index is 458. The zero-order valence-electron chi connectivity index (χ0n) is 11.2. The minimum Gasteiger partial charge on any atom is -0.454 e. The number of ether oxygens (including phenoxy) is 2. The molecular weight excluding hydrogens is 262 g/mol. The number of halogens is 1. The van der Waals surface area contributed by atoms with E-state index in [2.05, 4.69) is 12.2 Å².